The number of pyridine rings is 1. The van der Waals surface area contributed by atoms with E-state index in [-0.39, 0.29) is 6.42 Å². The van der Waals surface area contributed by atoms with Crippen molar-refractivity contribution < 1.29 is 9.90 Å². The molecule has 0 aliphatic heterocycles. The van der Waals surface area contributed by atoms with Gasteiger partial charge in [-0.1, -0.05) is 17.3 Å². The molecule has 3 rings (SSSR count). The summed E-state index contributed by atoms with van der Waals surface area (Å²) in [5.74, 6) is -0.926. The van der Waals surface area contributed by atoms with E-state index in [1.807, 2.05) is 24.3 Å². The zero-order chi connectivity index (χ0) is 14.1. The summed E-state index contributed by atoms with van der Waals surface area (Å²) in [4.78, 5) is 15.2. The van der Waals surface area contributed by atoms with Crippen molar-refractivity contribution in [2.45, 2.75) is 6.42 Å². The third kappa shape index (κ3) is 2.27. The van der Waals surface area contributed by atoms with Crippen LogP contribution in [-0.2, 0) is 11.2 Å². The lowest BCUT2D eigenvalue weighted by molar-refractivity contribution is -0.136. The lowest BCUT2D eigenvalue weighted by atomic mass is 10.2. The molecule has 0 amide bonds. The number of aliphatic carboxylic acids is 1. The molecule has 0 spiro atoms. The van der Waals surface area contributed by atoms with Gasteiger partial charge in [-0.15, -0.1) is 5.10 Å². The minimum absolute atomic E-state index is 0.139. The number of nitrogens with zero attached hydrogens (tertiary/aromatic N) is 4. The average Bonchev–Trinajstić information content (AvgIpc) is 2.84. The van der Waals surface area contributed by atoms with E-state index in [0.717, 1.165) is 15.4 Å². The summed E-state index contributed by atoms with van der Waals surface area (Å²) in [5, 5.41) is 17.6. The van der Waals surface area contributed by atoms with E-state index in [4.69, 9.17) is 5.11 Å². The fraction of sp³-hybridized carbons (Fsp3) is 0.0769. The topological polar surface area (TPSA) is 80.9 Å². The van der Waals surface area contributed by atoms with Crippen molar-refractivity contribution in [3.63, 3.8) is 0 Å². The Morgan fingerprint density at radius 3 is 3.00 bits per heavy atom. The molecule has 0 fully saturated rings. The number of halogens is 1. The van der Waals surface area contributed by atoms with Crippen molar-refractivity contribution in [1.82, 2.24) is 20.0 Å². The zero-order valence-corrected chi connectivity index (χ0v) is 11.8. The van der Waals surface area contributed by atoms with Crippen LogP contribution in [0.25, 0.3) is 16.6 Å². The van der Waals surface area contributed by atoms with E-state index in [0.29, 0.717) is 11.4 Å². The molecule has 7 heteroatoms. The first kappa shape index (κ1) is 12.7. The van der Waals surface area contributed by atoms with Gasteiger partial charge in [-0.3, -0.25) is 9.78 Å². The van der Waals surface area contributed by atoms with Gasteiger partial charge in [0.15, 0.2) is 0 Å². The average molecular weight is 333 g/mol. The SMILES string of the molecule is O=C(O)Cc1cnnn1-c1cccc2cc(Br)cnc12. The Morgan fingerprint density at radius 1 is 1.35 bits per heavy atom. The highest BCUT2D eigenvalue weighted by atomic mass is 79.9. The molecule has 20 heavy (non-hydrogen) atoms. The van der Waals surface area contributed by atoms with Crippen LogP contribution in [0.15, 0.2) is 41.1 Å². The number of para-hydroxylation sites is 1. The molecule has 0 radical (unpaired) electrons. The molecule has 2 aromatic heterocycles. The van der Waals surface area contributed by atoms with E-state index < -0.39 is 5.97 Å². The van der Waals surface area contributed by atoms with Crippen LogP contribution in [0.3, 0.4) is 0 Å². The summed E-state index contributed by atoms with van der Waals surface area (Å²) in [7, 11) is 0. The van der Waals surface area contributed by atoms with Crippen molar-refractivity contribution >= 4 is 32.8 Å². The molecule has 0 atom stereocenters. The molecule has 0 unspecified atom stereocenters. The van der Waals surface area contributed by atoms with E-state index in [1.165, 1.54) is 10.9 Å². The normalized spacial score (nSPS) is 10.8. The number of fused-ring (bicyclic) bond motifs is 1. The molecule has 0 aliphatic rings. The highest BCUT2D eigenvalue weighted by Crippen LogP contribution is 2.23. The summed E-state index contributed by atoms with van der Waals surface area (Å²) in [6.45, 7) is 0. The van der Waals surface area contributed by atoms with Crippen LogP contribution in [0.1, 0.15) is 5.69 Å². The smallest absolute Gasteiger partial charge is 0.309 e. The summed E-state index contributed by atoms with van der Waals surface area (Å²) in [6, 6.07) is 7.59. The number of carboxylic acid groups (broad SMARTS) is 1. The van der Waals surface area contributed by atoms with Crippen LogP contribution in [0, 0.1) is 0 Å². The second-order valence-electron chi connectivity index (χ2n) is 4.21. The molecule has 0 saturated carbocycles. The van der Waals surface area contributed by atoms with Gasteiger partial charge >= 0.3 is 5.97 Å². The molecular weight excluding hydrogens is 324 g/mol. The molecule has 3 aromatic rings. The standard InChI is InChI=1S/C13H9BrN4O2/c14-9-4-8-2-1-3-11(13(8)15-6-9)18-10(5-12(19)20)7-16-17-18/h1-4,6-7H,5H2,(H,19,20). The fourth-order valence-electron chi connectivity index (χ4n) is 2.02. The highest BCUT2D eigenvalue weighted by Gasteiger charge is 2.13. The van der Waals surface area contributed by atoms with E-state index >= 15 is 0 Å². The lowest BCUT2D eigenvalue weighted by Crippen LogP contribution is -2.08. The van der Waals surface area contributed by atoms with Gasteiger partial charge in [0.25, 0.3) is 0 Å². The van der Waals surface area contributed by atoms with Crippen molar-refractivity contribution in [3.05, 3.63) is 46.8 Å². The fourth-order valence-corrected chi connectivity index (χ4v) is 2.37. The molecule has 1 N–H and O–H groups in total. The Bertz CT molecular complexity index is 800. The first-order valence-corrected chi connectivity index (χ1v) is 6.60. The Labute approximate surface area is 122 Å². The first-order valence-electron chi connectivity index (χ1n) is 5.81. The number of aromatic nitrogens is 4. The zero-order valence-electron chi connectivity index (χ0n) is 10.2. The van der Waals surface area contributed by atoms with Crippen molar-refractivity contribution in [3.8, 4) is 5.69 Å². The molecule has 1 aromatic carbocycles. The quantitative estimate of drug-likeness (QED) is 0.795. The van der Waals surface area contributed by atoms with Crippen LogP contribution in [-0.4, -0.2) is 31.1 Å². The van der Waals surface area contributed by atoms with Gasteiger partial charge in [0.2, 0.25) is 0 Å². The van der Waals surface area contributed by atoms with Crippen molar-refractivity contribution in [2.75, 3.05) is 0 Å². The minimum atomic E-state index is -0.926. The number of benzene rings is 1. The van der Waals surface area contributed by atoms with Crippen LogP contribution < -0.4 is 0 Å². The summed E-state index contributed by atoms with van der Waals surface area (Å²) >= 11 is 3.38. The number of hydrogen-bond donors (Lipinski definition) is 1. The summed E-state index contributed by atoms with van der Waals surface area (Å²) in [5.41, 5.74) is 1.96. The Kier molecular flexibility index (Phi) is 3.19. The molecular formula is C13H9BrN4O2. The molecule has 100 valence electrons. The van der Waals surface area contributed by atoms with Gasteiger partial charge in [-0.2, -0.15) is 0 Å². The molecule has 0 aliphatic carbocycles. The predicted molar refractivity (Wildman–Crippen MR) is 75.7 cm³/mol. The van der Waals surface area contributed by atoms with Gasteiger partial charge in [-0.05, 0) is 28.1 Å². The summed E-state index contributed by atoms with van der Waals surface area (Å²) < 4.78 is 2.39. The van der Waals surface area contributed by atoms with E-state index in [9.17, 15) is 4.79 Å². The van der Waals surface area contributed by atoms with E-state index in [2.05, 4.69) is 31.2 Å². The highest BCUT2D eigenvalue weighted by molar-refractivity contribution is 9.10. The molecule has 0 bridgehead atoms. The largest absolute Gasteiger partial charge is 0.481 e. The lowest BCUT2D eigenvalue weighted by Gasteiger charge is -2.08. The second kappa shape index (κ2) is 5.01. The monoisotopic (exact) mass is 332 g/mol. The number of rotatable bonds is 3. The first-order chi connectivity index (χ1) is 9.65. The Balaban J connectivity index is 2.20. The number of carboxylic acids is 1. The van der Waals surface area contributed by atoms with Crippen molar-refractivity contribution in [1.29, 1.82) is 0 Å². The molecule has 0 saturated heterocycles. The maximum atomic E-state index is 10.9. The maximum absolute atomic E-state index is 10.9. The van der Waals surface area contributed by atoms with E-state index in [1.54, 1.807) is 6.20 Å². The van der Waals surface area contributed by atoms with Gasteiger partial charge in [0.1, 0.15) is 0 Å². The second-order valence-corrected chi connectivity index (χ2v) is 5.13. The van der Waals surface area contributed by atoms with Gasteiger partial charge in [0, 0.05) is 16.1 Å². The third-order valence-electron chi connectivity index (χ3n) is 2.84. The predicted octanol–water partition coefficient (Wildman–Crippen LogP) is 2.21. The van der Waals surface area contributed by atoms with Gasteiger partial charge < -0.3 is 5.11 Å². The van der Waals surface area contributed by atoms with Crippen LogP contribution >= 0.6 is 15.9 Å². The van der Waals surface area contributed by atoms with Crippen molar-refractivity contribution in [2.24, 2.45) is 0 Å². The van der Waals surface area contributed by atoms with Crippen LogP contribution in [0.2, 0.25) is 0 Å². The van der Waals surface area contributed by atoms with Gasteiger partial charge in [-0.25, -0.2) is 4.68 Å². The van der Waals surface area contributed by atoms with Crippen LogP contribution in [0.5, 0.6) is 0 Å². The number of hydrogen-bond acceptors (Lipinski definition) is 4. The Morgan fingerprint density at radius 2 is 2.20 bits per heavy atom. The Hall–Kier alpha value is -2.28. The van der Waals surface area contributed by atoms with Gasteiger partial charge in [0.05, 0.1) is 29.5 Å². The van der Waals surface area contributed by atoms with Crippen LogP contribution in [0.4, 0.5) is 0 Å². The number of carbonyl (C=O) groups is 1. The summed E-state index contributed by atoms with van der Waals surface area (Å²) in [6.07, 6.45) is 3.01. The molecule has 6 nitrogen and oxygen atoms in total. The molecule has 2 heterocycles. The minimum Gasteiger partial charge on any atom is -0.481 e. The third-order valence-corrected chi connectivity index (χ3v) is 3.27. The maximum Gasteiger partial charge on any atom is 0.309 e.